The average molecular weight is 304 g/mol. The van der Waals surface area contributed by atoms with E-state index in [1.165, 1.54) is 0 Å². The molecular weight excluding hydrogens is 296 g/mol. The second-order valence-electron chi connectivity index (χ2n) is 1.10. The Balaban J connectivity index is -0.0000000178. The molecule has 0 saturated heterocycles. The third-order valence-corrected chi connectivity index (χ3v) is 0. The van der Waals surface area contributed by atoms with Crippen LogP contribution in [0.15, 0.2) is 0 Å². The van der Waals surface area contributed by atoms with Crippen LogP contribution in [0.4, 0.5) is 0 Å². The van der Waals surface area contributed by atoms with Crippen molar-refractivity contribution in [1.82, 2.24) is 0 Å². The van der Waals surface area contributed by atoms with Crippen molar-refractivity contribution >= 4 is 93.6 Å². The number of hydrogen-bond donors (Lipinski definition) is 4. The van der Waals surface area contributed by atoms with Crippen molar-refractivity contribution < 1.29 is 49.3 Å². The quantitative estimate of drug-likeness (QED) is 0.312. The van der Waals surface area contributed by atoms with E-state index in [0.717, 1.165) is 0 Å². The molecule has 0 aromatic heterocycles. The number of rotatable bonds is 0. The average Bonchev–Trinajstić information content (AvgIpc) is 1.12. The normalized spacial score (nSPS) is 8.57. The molecule has 0 aliphatic heterocycles. The predicted octanol–water partition coefficient (Wildman–Crippen LogP) is -10.2. The van der Waals surface area contributed by atoms with Gasteiger partial charge in [0.15, 0.2) is 0 Å². The zero-order valence-corrected chi connectivity index (χ0v) is 13.3. The van der Waals surface area contributed by atoms with Gasteiger partial charge in [-0.25, -0.2) is 0 Å². The molecule has 10 nitrogen and oxygen atoms in total. The predicted molar refractivity (Wildman–Crippen MR) is 39.1 cm³/mol. The maximum absolute atomic E-state index is 8.58. The molecule has 14 heteroatoms. The summed E-state index contributed by atoms with van der Waals surface area (Å²) in [6.45, 7) is 0. The van der Waals surface area contributed by atoms with E-state index >= 15 is 0 Å². The van der Waals surface area contributed by atoms with E-state index in [4.69, 9.17) is 38.4 Å². The summed E-state index contributed by atoms with van der Waals surface area (Å²) < 4.78 is 0. The largest absolute Gasteiger partial charge is 2.00 e. The van der Waals surface area contributed by atoms with E-state index in [1.54, 1.807) is 0 Å². The van der Waals surface area contributed by atoms with Gasteiger partial charge in [-0.2, -0.15) is 0 Å². The molecule has 0 unspecified atom stereocenters. The van der Waals surface area contributed by atoms with Gasteiger partial charge in [0.1, 0.15) is 0 Å². The maximum atomic E-state index is 8.58. The van der Waals surface area contributed by atoms with E-state index in [2.05, 4.69) is 0 Å². The SMILES string of the molecule is O.O.O[Si](O)(O)O.[Ca+2].[Ca+2].[O-][Si]([O-])([O-])[O-]. The van der Waals surface area contributed by atoms with Crippen LogP contribution in [0.1, 0.15) is 0 Å². The first kappa shape index (κ1) is 36.0. The van der Waals surface area contributed by atoms with E-state index in [1.807, 2.05) is 0 Å². The summed E-state index contributed by atoms with van der Waals surface area (Å²) in [6, 6.07) is 0. The van der Waals surface area contributed by atoms with Gasteiger partial charge in [-0.3, -0.25) is 0 Å². The van der Waals surface area contributed by atoms with Crippen molar-refractivity contribution in [3.63, 3.8) is 0 Å². The molecule has 0 radical (unpaired) electrons. The molecule has 80 valence electrons. The molecule has 0 spiro atoms. The van der Waals surface area contributed by atoms with Crippen LogP contribution in [-0.2, 0) is 0 Å². The first-order valence-corrected chi connectivity index (χ1v) is 5.13. The van der Waals surface area contributed by atoms with Crippen LogP contribution in [0, 0.1) is 0 Å². The molecule has 0 aliphatic rings. The van der Waals surface area contributed by atoms with E-state index in [-0.39, 0.29) is 86.4 Å². The molecule has 14 heavy (non-hydrogen) atoms. The van der Waals surface area contributed by atoms with E-state index < -0.39 is 18.1 Å². The standard InChI is InChI=1S/2Ca.H4O4Si.O4Si.2H2O/c;;2*1-5(2,3)4;;/h;;1-4H;;2*1H2/q2*+2;;-4;;. The van der Waals surface area contributed by atoms with Crippen LogP contribution in [-0.4, -0.2) is 124 Å². The Morgan fingerprint density at radius 1 is 0.643 bits per heavy atom. The molecule has 0 rings (SSSR count). The molecule has 0 atom stereocenters. The van der Waals surface area contributed by atoms with Gasteiger partial charge >= 0.3 is 84.5 Å². The Morgan fingerprint density at radius 2 is 0.643 bits per heavy atom. The zero-order valence-electron chi connectivity index (χ0n) is 6.84. The molecule has 0 amide bonds. The van der Waals surface area contributed by atoms with Gasteiger partial charge in [0, 0.05) is 0 Å². The number of hydrogen-bond acceptors (Lipinski definition) is 8. The molecule has 0 aromatic carbocycles. The van der Waals surface area contributed by atoms with E-state index in [9.17, 15) is 0 Å². The summed E-state index contributed by atoms with van der Waals surface area (Å²) in [5.41, 5.74) is 0. The Bertz CT molecular complexity index is 59.1. The fourth-order valence-corrected chi connectivity index (χ4v) is 0. The minimum absolute atomic E-state index is 0. The maximum Gasteiger partial charge on any atom is 2.00 e. The molecule has 0 fully saturated rings. The van der Waals surface area contributed by atoms with Crippen molar-refractivity contribution in [3.8, 4) is 0 Å². The summed E-state index contributed by atoms with van der Waals surface area (Å²) in [6.07, 6.45) is 0. The zero-order chi connectivity index (χ0) is 9.00. The Kier molecular flexibility index (Phi) is 39.9. The van der Waals surface area contributed by atoms with Gasteiger partial charge in [-0.15, -0.1) is 0 Å². The summed E-state index contributed by atoms with van der Waals surface area (Å²) in [7, 11) is -10.2. The van der Waals surface area contributed by atoms with Crippen molar-refractivity contribution in [3.05, 3.63) is 0 Å². The van der Waals surface area contributed by atoms with Crippen LogP contribution in [0.5, 0.6) is 0 Å². The Morgan fingerprint density at radius 3 is 0.643 bits per heavy atom. The monoisotopic (exact) mass is 304 g/mol. The second kappa shape index (κ2) is 15.6. The van der Waals surface area contributed by atoms with Gasteiger partial charge in [0.2, 0.25) is 0 Å². The summed E-state index contributed by atoms with van der Waals surface area (Å²) in [4.78, 5) is 63.6. The minimum atomic E-state index is -5.61. The van der Waals surface area contributed by atoms with Crippen LogP contribution >= 0.6 is 0 Å². The Hall–Kier alpha value is 2.55. The first-order chi connectivity index (χ1) is 4.00. The molecule has 0 aromatic rings. The van der Waals surface area contributed by atoms with Gasteiger partial charge in [0.25, 0.3) is 0 Å². The van der Waals surface area contributed by atoms with Gasteiger partial charge < -0.3 is 58.4 Å². The smallest absolute Gasteiger partial charge is 0.894 e. The second-order valence-corrected chi connectivity index (χ2v) is 3.30. The summed E-state index contributed by atoms with van der Waals surface area (Å²) >= 11 is 0. The molecule has 8 N–H and O–H groups in total. The molecule has 0 heterocycles. The van der Waals surface area contributed by atoms with E-state index in [0.29, 0.717) is 0 Å². The molecular formula is H8Ca2O10Si2. The first-order valence-electron chi connectivity index (χ1n) is 1.71. The van der Waals surface area contributed by atoms with Crippen molar-refractivity contribution in [2.24, 2.45) is 0 Å². The molecule has 0 aliphatic carbocycles. The van der Waals surface area contributed by atoms with Gasteiger partial charge in [-0.05, 0) is 0 Å². The third-order valence-electron chi connectivity index (χ3n) is 0. The summed E-state index contributed by atoms with van der Waals surface area (Å²) in [5.74, 6) is 0. The summed E-state index contributed by atoms with van der Waals surface area (Å²) in [5, 5.41) is 0. The third kappa shape index (κ3) is 410. The van der Waals surface area contributed by atoms with Crippen LogP contribution in [0.3, 0.4) is 0 Å². The molecule has 0 saturated carbocycles. The van der Waals surface area contributed by atoms with Gasteiger partial charge in [-0.1, -0.05) is 0 Å². The fraction of sp³-hybridized carbons (Fsp3) is 0. The van der Waals surface area contributed by atoms with Crippen LogP contribution in [0.25, 0.3) is 0 Å². The van der Waals surface area contributed by atoms with Crippen LogP contribution < -0.4 is 19.2 Å². The van der Waals surface area contributed by atoms with Crippen molar-refractivity contribution in [2.75, 3.05) is 0 Å². The Labute approximate surface area is 141 Å². The fourth-order valence-electron chi connectivity index (χ4n) is 0. The van der Waals surface area contributed by atoms with Crippen molar-refractivity contribution in [1.29, 1.82) is 0 Å². The topological polar surface area (TPSA) is 236 Å². The van der Waals surface area contributed by atoms with Gasteiger partial charge in [0.05, 0.1) is 0 Å². The molecule has 0 bridgehead atoms. The van der Waals surface area contributed by atoms with Crippen LogP contribution in [0.2, 0.25) is 0 Å². The minimum Gasteiger partial charge on any atom is -0.894 e. The van der Waals surface area contributed by atoms with Crippen molar-refractivity contribution in [2.45, 2.75) is 0 Å².